The normalized spacial score (nSPS) is 15.5. The summed E-state index contributed by atoms with van der Waals surface area (Å²) in [6.07, 6.45) is 1.74. The summed E-state index contributed by atoms with van der Waals surface area (Å²) in [6.45, 7) is 3.85. The van der Waals surface area contributed by atoms with Crippen molar-refractivity contribution in [3.63, 3.8) is 0 Å². The van der Waals surface area contributed by atoms with Gasteiger partial charge >= 0.3 is 6.09 Å². The maximum absolute atomic E-state index is 11.6. The number of rotatable bonds is 1. The van der Waals surface area contributed by atoms with E-state index >= 15 is 0 Å². The minimum absolute atomic E-state index is 0.174. The number of halogens is 1. The van der Waals surface area contributed by atoms with Gasteiger partial charge < -0.3 is 9.64 Å². The molecule has 5 heteroatoms. The fourth-order valence-electron chi connectivity index (χ4n) is 1.85. The zero-order chi connectivity index (χ0) is 11.5. The van der Waals surface area contributed by atoms with E-state index in [1.165, 1.54) is 13.3 Å². The van der Waals surface area contributed by atoms with E-state index in [-0.39, 0.29) is 6.09 Å². The zero-order valence-electron chi connectivity index (χ0n) is 9.16. The number of hydrogen-bond donors (Lipinski definition) is 0. The largest absolute Gasteiger partial charge is 0.450 e. The highest BCUT2D eigenvalue weighted by Crippen LogP contribution is 2.27. The molecule has 0 bridgehead atoms. The van der Waals surface area contributed by atoms with Crippen molar-refractivity contribution < 1.29 is 9.53 Å². The standard InChI is InChI=1S/C11H14INO2S/c1-2-15-11(14)13-5-3-8-7-10(12)16-9(8)4-6-13/h7H,2-6H2,1H3. The van der Waals surface area contributed by atoms with Crippen LogP contribution in [0.2, 0.25) is 0 Å². The third-order valence-corrected chi connectivity index (χ3v) is 4.65. The highest BCUT2D eigenvalue weighted by molar-refractivity contribution is 14.1. The average Bonchev–Trinajstić information content (AvgIpc) is 2.48. The van der Waals surface area contributed by atoms with Gasteiger partial charge in [0, 0.05) is 18.0 Å². The molecule has 0 radical (unpaired) electrons. The van der Waals surface area contributed by atoms with E-state index in [0.29, 0.717) is 6.61 Å². The van der Waals surface area contributed by atoms with Crippen molar-refractivity contribution in [3.8, 4) is 0 Å². The average molecular weight is 351 g/mol. The predicted molar refractivity (Wildman–Crippen MR) is 73.0 cm³/mol. The number of ether oxygens (including phenoxy) is 1. The fraction of sp³-hybridized carbons (Fsp3) is 0.545. The summed E-state index contributed by atoms with van der Waals surface area (Å²) in [5.41, 5.74) is 1.40. The molecule has 1 aliphatic rings. The van der Waals surface area contributed by atoms with Gasteiger partial charge in [-0.2, -0.15) is 0 Å². The van der Waals surface area contributed by atoms with E-state index in [1.807, 2.05) is 23.2 Å². The van der Waals surface area contributed by atoms with Gasteiger partial charge in [-0.25, -0.2) is 4.79 Å². The van der Waals surface area contributed by atoms with Gasteiger partial charge in [0.1, 0.15) is 0 Å². The molecule has 0 saturated carbocycles. The maximum atomic E-state index is 11.6. The van der Waals surface area contributed by atoms with Gasteiger partial charge in [-0.15, -0.1) is 11.3 Å². The van der Waals surface area contributed by atoms with Crippen LogP contribution in [0.25, 0.3) is 0 Å². The highest BCUT2D eigenvalue weighted by atomic mass is 127. The number of hydrogen-bond acceptors (Lipinski definition) is 3. The Bertz CT molecular complexity index is 366. The van der Waals surface area contributed by atoms with Crippen molar-refractivity contribution in [2.24, 2.45) is 0 Å². The molecule has 0 aromatic carbocycles. The van der Waals surface area contributed by atoms with Crippen molar-refractivity contribution in [1.29, 1.82) is 0 Å². The summed E-state index contributed by atoms with van der Waals surface area (Å²) in [5.74, 6) is 0. The molecule has 1 aromatic rings. The van der Waals surface area contributed by atoms with Crippen LogP contribution < -0.4 is 0 Å². The van der Waals surface area contributed by atoms with Crippen LogP contribution >= 0.6 is 33.9 Å². The van der Waals surface area contributed by atoms with Crippen LogP contribution in [0.15, 0.2) is 6.07 Å². The van der Waals surface area contributed by atoms with E-state index in [9.17, 15) is 4.79 Å². The third-order valence-electron chi connectivity index (χ3n) is 2.65. The monoisotopic (exact) mass is 351 g/mol. The van der Waals surface area contributed by atoms with Gasteiger partial charge in [-0.1, -0.05) is 0 Å². The van der Waals surface area contributed by atoms with Gasteiger partial charge in [-0.3, -0.25) is 0 Å². The Labute approximate surface area is 113 Å². The molecule has 1 aromatic heterocycles. The molecular weight excluding hydrogens is 337 g/mol. The topological polar surface area (TPSA) is 29.5 Å². The van der Waals surface area contributed by atoms with Crippen LogP contribution in [0, 0.1) is 2.88 Å². The first-order valence-corrected chi connectivity index (χ1v) is 7.29. The minimum atomic E-state index is -0.174. The Balaban J connectivity index is 2.02. The molecule has 1 aliphatic heterocycles. The Kier molecular flexibility index (Phi) is 4.07. The fourth-order valence-corrected chi connectivity index (χ4v) is 3.95. The van der Waals surface area contributed by atoms with E-state index in [0.717, 1.165) is 25.9 Å². The molecule has 88 valence electrons. The summed E-state index contributed by atoms with van der Waals surface area (Å²) in [5, 5.41) is 0. The van der Waals surface area contributed by atoms with Gasteiger partial charge in [-0.05, 0) is 54.0 Å². The number of nitrogens with zero attached hydrogens (tertiary/aromatic N) is 1. The van der Waals surface area contributed by atoms with Crippen LogP contribution in [0.1, 0.15) is 17.4 Å². The quantitative estimate of drug-likeness (QED) is 0.729. The maximum Gasteiger partial charge on any atom is 0.409 e. The number of carbonyl (C=O) groups is 1. The number of thiophene rings is 1. The second-order valence-electron chi connectivity index (χ2n) is 3.68. The van der Waals surface area contributed by atoms with E-state index in [2.05, 4.69) is 28.7 Å². The van der Waals surface area contributed by atoms with E-state index in [4.69, 9.17) is 4.74 Å². The summed E-state index contributed by atoms with van der Waals surface area (Å²) < 4.78 is 6.36. The van der Waals surface area contributed by atoms with Crippen molar-refractivity contribution >= 4 is 40.0 Å². The lowest BCUT2D eigenvalue weighted by Gasteiger charge is -2.18. The van der Waals surface area contributed by atoms with Crippen LogP contribution in [0.3, 0.4) is 0 Å². The molecule has 0 spiro atoms. The number of carbonyl (C=O) groups excluding carboxylic acids is 1. The molecule has 2 heterocycles. The van der Waals surface area contributed by atoms with Gasteiger partial charge in [0.15, 0.2) is 0 Å². The van der Waals surface area contributed by atoms with Crippen LogP contribution in [0.4, 0.5) is 4.79 Å². The third kappa shape index (κ3) is 2.68. The highest BCUT2D eigenvalue weighted by Gasteiger charge is 2.20. The van der Waals surface area contributed by atoms with Crippen LogP contribution in [-0.4, -0.2) is 30.7 Å². The molecule has 0 fully saturated rings. The lowest BCUT2D eigenvalue weighted by atomic mass is 10.2. The second kappa shape index (κ2) is 5.35. The Hall–Kier alpha value is -0.300. The summed E-state index contributed by atoms with van der Waals surface area (Å²) in [4.78, 5) is 14.8. The first kappa shape index (κ1) is 12.2. The summed E-state index contributed by atoms with van der Waals surface area (Å²) in [6, 6.07) is 2.23. The van der Waals surface area contributed by atoms with Gasteiger partial charge in [0.2, 0.25) is 0 Å². The Morgan fingerprint density at radius 1 is 1.56 bits per heavy atom. The second-order valence-corrected chi connectivity index (χ2v) is 6.72. The first-order valence-electron chi connectivity index (χ1n) is 5.39. The lowest BCUT2D eigenvalue weighted by Crippen LogP contribution is -2.33. The molecule has 2 rings (SSSR count). The molecule has 0 N–H and O–H groups in total. The van der Waals surface area contributed by atoms with Crippen molar-refractivity contribution in [2.45, 2.75) is 19.8 Å². The van der Waals surface area contributed by atoms with Crippen LogP contribution in [0.5, 0.6) is 0 Å². The van der Waals surface area contributed by atoms with Crippen LogP contribution in [-0.2, 0) is 17.6 Å². The minimum Gasteiger partial charge on any atom is -0.450 e. The predicted octanol–water partition coefficient (Wildman–Crippen LogP) is 2.91. The zero-order valence-corrected chi connectivity index (χ0v) is 12.1. The summed E-state index contributed by atoms with van der Waals surface area (Å²) >= 11 is 4.20. The SMILES string of the molecule is CCOC(=O)N1CCc2cc(I)sc2CC1. The molecule has 0 aliphatic carbocycles. The molecule has 0 unspecified atom stereocenters. The number of fused-ring (bicyclic) bond motifs is 1. The molecule has 1 amide bonds. The van der Waals surface area contributed by atoms with E-state index in [1.54, 1.807) is 0 Å². The molecule has 16 heavy (non-hydrogen) atoms. The van der Waals surface area contributed by atoms with Gasteiger partial charge in [0.25, 0.3) is 0 Å². The van der Waals surface area contributed by atoms with Crippen molar-refractivity contribution in [2.75, 3.05) is 19.7 Å². The summed E-state index contributed by atoms with van der Waals surface area (Å²) in [7, 11) is 0. The first-order chi connectivity index (χ1) is 7.70. The molecule has 3 nitrogen and oxygen atoms in total. The number of amides is 1. The lowest BCUT2D eigenvalue weighted by molar-refractivity contribution is 0.109. The molecule has 0 saturated heterocycles. The van der Waals surface area contributed by atoms with Crippen molar-refractivity contribution in [1.82, 2.24) is 4.90 Å². The Morgan fingerprint density at radius 3 is 3.06 bits per heavy atom. The Morgan fingerprint density at radius 2 is 2.31 bits per heavy atom. The smallest absolute Gasteiger partial charge is 0.409 e. The van der Waals surface area contributed by atoms with Crippen molar-refractivity contribution in [3.05, 3.63) is 19.4 Å². The van der Waals surface area contributed by atoms with Gasteiger partial charge in [0.05, 0.1) is 9.49 Å². The molecular formula is C11H14INO2S. The van der Waals surface area contributed by atoms with E-state index < -0.39 is 0 Å². The molecule has 0 atom stereocenters.